The van der Waals surface area contributed by atoms with Crippen molar-refractivity contribution in [1.82, 2.24) is 4.90 Å². The van der Waals surface area contributed by atoms with Crippen LogP contribution in [0.5, 0.6) is 11.5 Å². The minimum absolute atomic E-state index is 0.285. The summed E-state index contributed by atoms with van der Waals surface area (Å²) in [6.07, 6.45) is 1.71. The molecule has 1 fully saturated rings. The van der Waals surface area contributed by atoms with Gasteiger partial charge < -0.3 is 14.2 Å². The number of thioether (sulfide) groups is 1. The summed E-state index contributed by atoms with van der Waals surface area (Å²) >= 11 is 10.1. The Morgan fingerprint density at radius 3 is 2.58 bits per heavy atom. The molecule has 0 aliphatic carbocycles. The molecule has 1 aliphatic heterocycles. The maximum atomic E-state index is 13.2. The average molecular weight is 522 g/mol. The summed E-state index contributed by atoms with van der Waals surface area (Å²) in [5.41, 5.74) is 1.35. The van der Waals surface area contributed by atoms with Crippen LogP contribution in [0.15, 0.2) is 51.8 Å². The number of ether oxygens (including phenoxy) is 3. The molecule has 1 saturated heterocycles. The van der Waals surface area contributed by atoms with Crippen LogP contribution in [0.1, 0.15) is 24.1 Å². The molecule has 9 heteroatoms. The molecule has 0 radical (unpaired) electrons. The van der Waals surface area contributed by atoms with Gasteiger partial charge >= 0.3 is 5.97 Å². The van der Waals surface area contributed by atoms with Gasteiger partial charge in [-0.05, 0) is 52.2 Å². The number of hydrogen-bond acceptors (Lipinski definition) is 7. The zero-order valence-electron chi connectivity index (χ0n) is 17.1. The molecule has 0 bridgehead atoms. The van der Waals surface area contributed by atoms with Gasteiger partial charge in [0.2, 0.25) is 0 Å². The molecule has 1 heterocycles. The Hall–Kier alpha value is -2.36. The van der Waals surface area contributed by atoms with E-state index in [1.54, 1.807) is 43.5 Å². The molecule has 31 heavy (non-hydrogen) atoms. The number of amides is 1. The Morgan fingerprint density at radius 1 is 1.26 bits per heavy atom. The number of methoxy groups -OCH3 is 2. The van der Waals surface area contributed by atoms with Crippen LogP contribution >= 0.6 is 39.9 Å². The first-order valence-corrected chi connectivity index (χ1v) is 11.3. The average Bonchev–Trinajstić information content (AvgIpc) is 3.04. The van der Waals surface area contributed by atoms with Crippen molar-refractivity contribution in [3.63, 3.8) is 0 Å². The molecule has 0 spiro atoms. The minimum atomic E-state index is -0.953. The largest absolute Gasteiger partial charge is 0.493 e. The molecule has 0 saturated carbocycles. The van der Waals surface area contributed by atoms with E-state index in [-0.39, 0.29) is 10.2 Å². The summed E-state index contributed by atoms with van der Waals surface area (Å²) in [6.45, 7) is 2.37. The summed E-state index contributed by atoms with van der Waals surface area (Å²) in [6, 6.07) is 11.6. The summed E-state index contributed by atoms with van der Waals surface area (Å²) in [7, 11) is 2.84. The molecule has 2 aromatic rings. The Bertz CT molecular complexity index is 1040. The second-order valence-corrected chi connectivity index (χ2v) is 8.89. The van der Waals surface area contributed by atoms with Crippen molar-refractivity contribution in [2.45, 2.75) is 13.0 Å². The van der Waals surface area contributed by atoms with Gasteiger partial charge in [0, 0.05) is 0 Å². The molecule has 162 valence electrons. The summed E-state index contributed by atoms with van der Waals surface area (Å²) in [5.74, 6) is 0.201. The number of halogens is 1. The number of rotatable bonds is 7. The van der Waals surface area contributed by atoms with Crippen LogP contribution in [-0.4, -0.2) is 41.9 Å². The van der Waals surface area contributed by atoms with Crippen molar-refractivity contribution in [1.29, 1.82) is 0 Å². The van der Waals surface area contributed by atoms with Crippen LogP contribution < -0.4 is 9.47 Å². The molecule has 6 nitrogen and oxygen atoms in total. The third kappa shape index (κ3) is 4.94. The number of carbonyl (C=O) groups is 2. The van der Waals surface area contributed by atoms with E-state index in [1.165, 1.54) is 12.0 Å². The fraction of sp³-hybridized carbons (Fsp3) is 0.227. The first-order chi connectivity index (χ1) is 14.9. The van der Waals surface area contributed by atoms with E-state index in [0.717, 1.165) is 17.3 Å². The predicted octanol–water partition coefficient (Wildman–Crippen LogP) is 4.97. The zero-order valence-corrected chi connectivity index (χ0v) is 20.3. The summed E-state index contributed by atoms with van der Waals surface area (Å²) < 4.78 is 17.0. The highest BCUT2D eigenvalue weighted by atomic mass is 79.9. The molecule has 2 aromatic carbocycles. The first kappa shape index (κ1) is 23.3. The van der Waals surface area contributed by atoms with Crippen molar-refractivity contribution >= 4 is 62.2 Å². The van der Waals surface area contributed by atoms with Crippen LogP contribution in [0.3, 0.4) is 0 Å². The van der Waals surface area contributed by atoms with Crippen molar-refractivity contribution in [3.8, 4) is 11.5 Å². The fourth-order valence-corrected chi connectivity index (χ4v) is 4.99. The molecule has 0 aromatic heterocycles. The smallest absolute Gasteiger partial charge is 0.333 e. The first-order valence-electron chi connectivity index (χ1n) is 9.31. The molecule has 1 unspecified atom stereocenters. The van der Waals surface area contributed by atoms with E-state index in [9.17, 15) is 9.59 Å². The summed E-state index contributed by atoms with van der Waals surface area (Å²) in [5, 5.41) is 0. The van der Waals surface area contributed by atoms with Crippen LogP contribution in [-0.2, 0) is 14.3 Å². The maximum Gasteiger partial charge on any atom is 0.333 e. The van der Waals surface area contributed by atoms with Gasteiger partial charge in [-0.15, -0.1) is 0 Å². The Morgan fingerprint density at radius 2 is 1.97 bits per heavy atom. The van der Waals surface area contributed by atoms with Gasteiger partial charge in [0.25, 0.3) is 5.91 Å². The normalized spacial score (nSPS) is 15.9. The van der Waals surface area contributed by atoms with E-state index < -0.39 is 12.0 Å². The standard InChI is InChI=1S/C22H20BrNO5S2/c1-4-29-19-15(23)10-13(11-16(19)27-2)12-17-20(25)24(22(30)31-17)18(21(26)28-3)14-8-6-5-7-9-14/h5-12,18H,4H2,1-3H3/b17-12-. The Kier molecular flexibility index (Phi) is 7.74. The second kappa shape index (κ2) is 10.3. The maximum absolute atomic E-state index is 13.2. The van der Waals surface area contributed by atoms with Gasteiger partial charge in [-0.2, -0.15) is 0 Å². The fourth-order valence-electron chi connectivity index (χ4n) is 3.10. The van der Waals surface area contributed by atoms with Gasteiger partial charge in [0.1, 0.15) is 4.32 Å². The lowest BCUT2D eigenvalue weighted by atomic mass is 10.1. The van der Waals surface area contributed by atoms with Crippen molar-refractivity contribution in [2.24, 2.45) is 0 Å². The Balaban J connectivity index is 1.98. The number of nitrogens with zero attached hydrogens (tertiary/aromatic N) is 1. The highest BCUT2D eigenvalue weighted by molar-refractivity contribution is 9.10. The highest BCUT2D eigenvalue weighted by Gasteiger charge is 2.41. The van der Waals surface area contributed by atoms with Crippen molar-refractivity contribution in [2.75, 3.05) is 20.8 Å². The number of hydrogen-bond donors (Lipinski definition) is 0. The van der Waals surface area contributed by atoms with E-state index in [1.807, 2.05) is 19.1 Å². The van der Waals surface area contributed by atoms with Crippen molar-refractivity contribution in [3.05, 3.63) is 63.0 Å². The van der Waals surface area contributed by atoms with E-state index in [0.29, 0.717) is 33.0 Å². The lowest BCUT2D eigenvalue weighted by Crippen LogP contribution is -2.37. The lowest BCUT2D eigenvalue weighted by molar-refractivity contribution is -0.148. The van der Waals surface area contributed by atoms with E-state index in [4.69, 9.17) is 26.4 Å². The molecule has 3 rings (SSSR count). The molecular weight excluding hydrogens is 502 g/mol. The molecule has 1 atom stereocenters. The highest BCUT2D eigenvalue weighted by Crippen LogP contribution is 2.41. The number of esters is 1. The third-order valence-corrected chi connectivity index (χ3v) is 6.38. The van der Waals surface area contributed by atoms with E-state index in [2.05, 4.69) is 15.9 Å². The molecule has 1 amide bonds. The number of benzene rings is 2. The second-order valence-electron chi connectivity index (χ2n) is 6.36. The van der Waals surface area contributed by atoms with E-state index >= 15 is 0 Å². The third-order valence-electron chi connectivity index (χ3n) is 4.46. The minimum Gasteiger partial charge on any atom is -0.493 e. The van der Waals surface area contributed by atoms with Gasteiger partial charge in [-0.3, -0.25) is 9.69 Å². The van der Waals surface area contributed by atoms with Crippen LogP contribution in [0.25, 0.3) is 6.08 Å². The van der Waals surface area contributed by atoms with Gasteiger partial charge in [0.15, 0.2) is 17.5 Å². The van der Waals surface area contributed by atoms with Gasteiger partial charge in [0.05, 0.1) is 30.2 Å². The Labute approximate surface area is 198 Å². The van der Waals surface area contributed by atoms with Gasteiger partial charge in [-0.1, -0.05) is 54.3 Å². The van der Waals surface area contributed by atoms with Gasteiger partial charge in [-0.25, -0.2) is 4.79 Å². The predicted molar refractivity (Wildman–Crippen MR) is 128 cm³/mol. The SMILES string of the molecule is CCOc1c(Br)cc(/C=C2\SC(=S)N(C(C(=O)OC)c3ccccc3)C2=O)cc1OC. The quantitative estimate of drug-likeness (QED) is 0.289. The monoisotopic (exact) mass is 521 g/mol. The number of carbonyl (C=O) groups excluding carboxylic acids is 2. The summed E-state index contributed by atoms with van der Waals surface area (Å²) in [4.78, 5) is 27.5. The van der Waals surface area contributed by atoms with Crippen LogP contribution in [0.4, 0.5) is 0 Å². The lowest BCUT2D eigenvalue weighted by Gasteiger charge is -2.24. The molecular formula is C22H20BrNO5S2. The van der Waals surface area contributed by atoms with Crippen molar-refractivity contribution < 1.29 is 23.8 Å². The van der Waals surface area contributed by atoms with Crippen LogP contribution in [0.2, 0.25) is 0 Å². The van der Waals surface area contributed by atoms with Crippen LogP contribution in [0, 0.1) is 0 Å². The molecule has 0 N–H and O–H groups in total. The topological polar surface area (TPSA) is 65.1 Å². The molecule has 1 aliphatic rings. The zero-order chi connectivity index (χ0) is 22.5. The number of thiocarbonyl (C=S) groups is 1.